The summed E-state index contributed by atoms with van der Waals surface area (Å²) in [4.78, 5) is 22.7. The van der Waals surface area contributed by atoms with Crippen LogP contribution in [0.2, 0.25) is 0 Å². The lowest BCUT2D eigenvalue weighted by atomic mass is 10.3. The molecule has 1 aromatic carbocycles. The maximum atomic E-state index is 11.9. The number of nitrogens with one attached hydrogen (secondary N) is 1. The molecule has 2 aromatic rings. The normalized spacial score (nSPS) is 10.1. The molecule has 0 spiro atoms. The number of benzene rings is 1. The van der Waals surface area contributed by atoms with E-state index in [1.54, 1.807) is 24.3 Å². The highest BCUT2D eigenvalue weighted by Crippen LogP contribution is 2.22. The summed E-state index contributed by atoms with van der Waals surface area (Å²) in [5.74, 6) is -1.11. The molecule has 0 aliphatic heterocycles. The Labute approximate surface area is 114 Å². The molecule has 104 valence electrons. The van der Waals surface area contributed by atoms with Gasteiger partial charge in [-0.15, -0.1) is 5.10 Å². The number of ether oxygens (including phenoxy) is 1. The molecule has 0 atom stereocenters. The molecule has 20 heavy (non-hydrogen) atoms. The van der Waals surface area contributed by atoms with Gasteiger partial charge >= 0.3 is 5.97 Å². The number of methoxy groups -OCH3 is 1. The van der Waals surface area contributed by atoms with Crippen molar-refractivity contribution in [1.82, 2.24) is 15.0 Å². The number of carbonyl (C=O) groups excluding carboxylic acids is 1. The van der Waals surface area contributed by atoms with E-state index in [-0.39, 0.29) is 12.2 Å². The minimum atomic E-state index is -1.19. The Morgan fingerprint density at radius 1 is 1.40 bits per heavy atom. The number of anilines is 1. The second-order valence-electron chi connectivity index (χ2n) is 3.83. The molecule has 0 aliphatic carbocycles. The Morgan fingerprint density at radius 2 is 2.15 bits per heavy atom. The largest absolute Gasteiger partial charge is 0.495 e. The zero-order valence-corrected chi connectivity index (χ0v) is 10.6. The van der Waals surface area contributed by atoms with Gasteiger partial charge in [0.05, 0.1) is 19.0 Å². The minimum absolute atomic E-state index is 0.153. The van der Waals surface area contributed by atoms with Crippen molar-refractivity contribution in [2.75, 3.05) is 12.4 Å². The number of carboxylic acids is 1. The number of hydrogen-bond acceptors (Lipinski definition) is 5. The number of hydrogen-bond donors (Lipinski definition) is 2. The molecule has 0 saturated heterocycles. The molecule has 0 bridgehead atoms. The van der Waals surface area contributed by atoms with Gasteiger partial charge in [0.15, 0.2) is 5.69 Å². The van der Waals surface area contributed by atoms with Crippen molar-refractivity contribution in [1.29, 1.82) is 0 Å². The number of carboxylic acid groups (broad SMARTS) is 1. The van der Waals surface area contributed by atoms with Gasteiger partial charge in [-0.25, -0.2) is 9.48 Å². The van der Waals surface area contributed by atoms with Crippen LogP contribution in [0.15, 0.2) is 30.5 Å². The number of para-hydroxylation sites is 2. The summed E-state index contributed by atoms with van der Waals surface area (Å²) in [6.07, 6.45) is 1.08. The van der Waals surface area contributed by atoms with Crippen molar-refractivity contribution in [3.8, 4) is 5.75 Å². The Kier molecular flexibility index (Phi) is 3.94. The molecule has 8 heteroatoms. The SMILES string of the molecule is COc1ccccc1NC(=O)Cn1nncc1C(=O)O. The van der Waals surface area contributed by atoms with Crippen LogP contribution >= 0.6 is 0 Å². The molecule has 0 unspecified atom stereocenters. The fourth-order valence-corrected chi connectivity index (χ4v) is 1.61. The summed E-state index contributed by atoms with van der Waals surface area (Å²) < 4.78 is 6.11. The van der Waals surface area contributed by atoms with Crippen LogP contribution in [0, 0.1) is 0 Å². The molecule has 8 nitrogen and oxygen atoms in total. The van der Waals surface area contributed by atoms with E-state index >= 15 is 0 Å². The van der Waals surface area contributed by atoms with E-state index in [0.717, 1.165) is 10.9 Å². The number of rotatable bonds is 5. The lowest BCUT2D eigenvalue weighted by Crippen LogP contribution is -2.22. The highest BCUT2D eigenvalue weighted by Gasteiger charge is 2.15. The van der Waals surface area contributed by atoms with Crippen molar-refractivity contribution in [3.05, 3.63) is 36.2 Å². The standard InChI is InChI=1S/C12H12N4O4/c1-20-10-5-3-2-4-8(10)14-11(17)7-16-9(12(18)19)6-13-15-16/h2-6H,7H2,1H3,(H,14,17)(H,18,19). The molecule has 0 radical (unpaired) electrons. The number of aromatic carboxylic acids is 1. The van der Waals surface area contributed by atoms with Crippen LogP contribution in [0.3, 0.4) is 0 Å². The predicted molar refractivity (Wildman–Crippen MR) is 68.6 cm³/mol. The van der Waals surface area contributed by atoms with Crippen LogP contribution < -0.4 is 10.1 Å². The maximum absolute atomic E-state index is 11.9. The molecule has 0 aliphatic rings. The van der Waals surface area contributed by atoms with Crippen molar-refractivity contribution in [2.45, 2.75) is 6.54 Å². The molecular formula is C12H12N4O4. The van der Waals surface area contributed by atoms with Gasteiger partial charge in [0.2, 0.25) is 5.91 Å². The van der Waals surface area contributed by atoms with Crippen LogP contribution in [-0.4, -0.2) is 39.1 Å². The van der Waals surface area contributed by atoms with E-state index in [2.05, 4.69) is 15.6 Å². The first-order valence-corrected chi connectivity index (χ1v) is 5.66. The molecule has 1 heterocycles. The zero-order chi connectivity index (χ0) is 14.5. The molecule has 1 amide bonds. The number of amides is 1. The van der Waals surface area contributed by atoms with E-state index < -0.39 is 11.9 Å². The van der Waals surface area contributed by atoms with Crippen LogP contribution in [0.4, 0.5) is 5.69 Å². The van der Waals surface area contributed by atoms with Gasteiger partial charge < -0.3 is 15.2 Å². The smallest absolute Gasteiger partial charge is 0.355 e. The van der Waals surface area contributed by atoms with Crippen LogP contribution in [0.25, 0.3) is 0 Å². The lowest BCUT2D eigenvalue weighted by molar-refractivity contribution is -0.117. The van der Waals surface area contributed by atoms with Crippen LogP contribution in [-0.2, 0) is 11.3 Å². The summed E-state index contributed by atoms with van der Waals surface area (Å²) in [7, 11) is 1.49. The van der Waals surface area contributed by atoms with Gasteiger partial charge in [0.1, 0.15) is 12.3 Å². The topological polar surface area (TPSA) is 106 Å². The highest BCUT2D eigenvalue weighted by molar-refractivity contribution is 5.93. The van der Waals surface area contributed by atoms with Gasteiger partial charge in [0.25, 0.3) is 0 Å². The molecular weight excluding hydrogens is 264 g/mol. The third-order valence-electron chi connectivity index (χ3n) is 2.51. The summed E-state index contributed by atoms with van der Waals surface area (Å²) in [6.45, 7) is -0.250. The van der Waals surface area contributed by atoms with Gasteiger partial charge in [-0.1, -0.05) is 17.3 Å². The average molecular weight is 276 g/mol. The van der Waals surface area contributed by atoms with E-state index in [4.69, 9.17) is 9.84 Å². The average Bonchev–Trinajstić information content (AvgIpc) is 2.87. The fraction of sp³-hybridized carbons (Fsp3) is 0.167. The van der Waals surface area contributed by atoms with Crippen molar-refractivity contribution in [2.24, 2.45) is 0 Å². The van der Waals surface area contributed by atoms with Gasteiger partial charge in [-0.05, 0) is 12.1 Å². The van der Waals surface area contributed by atoms with E-state index in [1.165, 1.54) is 7.11 Å². The summed E-state index contributed by atoms with van der Waals surface area (Å²) in [5, 5.41) is 18.5. The van der Waals surface area contributed by atoms with Crippen LogP contribution in [0.1, 0.15) is 10.5 Å². The van der Waals surface area contributed by atoms with E-state index in [0.29, 0.717) is 11.4 Å². The van der Waals surface area contributed by atoms with Crippen molar-refractivity contribution >= 4 is 17.6 Å². The minimum Gasteiger partial charge on any atom is -0.495 e. The van der Waals surface area contributed by atoms with Crippen LogP contribution in [0.5, 0.6) is 5.75 Å². The number of carbonyl (C=O) groups is 2. The summed E-state index contributed by atoms with van der Waals surface area (Å²) >= 11 is 0. The van der Waals surface area contributed by atoms with Gasteiger partial charge in [0, 0.05) is 0 Å². The third kappa shape index (κ3) is 2.91. The van der Waals surface area contributed by atoms with E-state index in [1.807, 2.05) is 0 Å². The maximum Gasteiger partial charge on any atom is 0.355 e. The molecule has 1 aromatic heterocycles. The second-order valence-corrected chi connectivity index (χ2v) is 3.83. The van der Waals surface area contributed by atoms with Crippen molar-refractivity contribution < 1.29 is 19.4 Å². The third-order valence-corrected chi connectivity index (χ3v) is 2.51. The first kappa shape index (κ1) is 13.5. The molecule has 2 N–H and O–H groups in total. The number of nitrogens with zero attached hydrogens (tertiary/aromatic N) is 3. The Hall–Kier alpha value is -2.90. The second kappa shape index (κ2) is 5.83. The highest BCUT2D eigenvalue weighted by atomic mass is 16.5. The summed E-state index contributed by atoms with van der Waals surface area (Å²) in [5.41, 5.74) is 0.345. The summed E-state index contributed by atoms with van der Waals surface area (Å²) in [6, 6.07) is 6.90. The van der Waals surface area contributed by atoms with Gasteiger partial charge in [-0.3, -0.25) is 4.79 Å². The lowest BCUT2D eigenvalue weighted by Gasteiger charge is -2.09. The quantitative estimate of drug-likeness (QED) is 0.829. The predicted octanol–water partition coefficient (Wildman–Crippen LogP) is 0.624. The number of aromatic nitrogens is 3. The molecule has 0 fully saturated rings. The molecule has 0 saturated carbocycles. The fourth-order valence-electron chi connectivity index (χ4n) is 1.61. The monoisotopic (exact) mass is 276 g/mol. The Balaban J connectivity index is 2.09. The zero-order valence-electron chi connectivity index (χ0n) is 10.6. The molecule has 2 rings (SSSR count). The first-order valence-electron chi connectivity index (χ1n) is 5.66. The Bertz CT molecular complexity index is 638. The first-order chi connectivity index (χ1) is 9.61. The van der Waals surface area contributed by atoms with Crippen molar-refractivity contribution in [3.63, 3.8) is 0 Å². The van der Waals surface area contributed by atoms with E-state index in [9.17, 15) is 9.59 Å². The Morgan fingerprint density at radius 3 is 2.85 bits per heavy atom. The van der Waals surface area contributed by atoms with Gasteiger partial charge in [-0.2, -0.15) is 0 Å².